The Morgan fingerprint density at radius 2 is 1.29 bits per heavy atom. The first-order chi connectivity index (χ1) is 11.8. The summed E-state index contributed by atoms with van der Waals surface area (Å²) in [5, 5.41) is 7.58. The average Bonchev–Trinajstić information content (AvgIpc) is 3.05. The van der Waals surface area contributed by atoms with E-state index in [-0.39, 0.29) is 0 Å². The summed E-state index contributed by atoms with van der Waals surface area (Å²) in [6.07, 6.45) is 3.62. The Labute approximate surface area is 141 Å². The molecule has 0 aliphatic rings. The molecule has 0 saturated carbocycles. The summed E-state index contributed by atoms with van der Waals surface area (Å²) in [5.74, 6) is 0. The number of hydrogen-bond donors (Lipinski definition) is 1. The van der Waals surface area contributed by atoms with Gasteiger partial charge in [0.05, 0.1) is 11.4 Å². The molecule has 3 heteroatoms. The van der Waals surface area contributed by atoms with Gasteiger partial charge in [-0.15, -0.1) is 0 Å². The molecular formula is C21H17N3. The van der Waals surface area contributed by atoms with Crippen LogP contribution in [-0.4, -0.2) is 15.2 Å². The number of nitrogens with zero attached hydrogens (tertiary/aromatic N) is 2. The fourth-order valence-corrected chi connectivity index (χ4v) is 2.97. The number of benzene rings is 2. The highest BCUT2D eigenvalue weighted by Crippen LogP contribution is 2.33. The predicted molar refractivity (Wildman–Crippen MR) is 97.4 cm³/mol. The fourth-order valence-electron chi connectivity index (χ4n) is 2.97. The second-order valence-corrected chi connectivity index (χ2v) is 5.74. The van der Waals surface area contributed by atoms with Crippen LogP contribution in [-0.2, 0) is 0 Å². The zero-order valence-electron chi connectivity index (χ0n) is 13.4. The van der Waals surface area contributed by atoms with E-state index >= 15 is 0 Å². The SMILES string of the molecule is Cc1n[nH]c(-c2ccc(-c3ccccc3)cc2)c1-c1ccncc1. The van der Waals surface area contributed by atoms with E-state index in [1.165, 1.54) is 11.1 Å². The van der Waals surface area contributed by atoms with Crippen molar-refractivity contribution in [2.24, 2.45) is 0 Å². The first-order valence-corrected chi connectivity index (χ1v) is 7.94. The third-order valence-corrected chi connectivity index (χ3v) is 4.20. The van der Waals surface area contributed by atoms with E-state index in [9.17, 15) is 0 Å². The number of aromatic amines is 1. The van der Waals surface area contributed by atoms with Gasteiger partial charge in [0.25, 0.3) is 0 Å². The van der Waals surface area contributed by atoms with Gasteiger partial charge >= 0.3 is 0 Å². The molecule has 0 fully saturated rings. The van der Waals surface area contributed by atoms with Crippen molar-refractivity contribution >= 4 is 0 Å². The normalized spacial score (nSPS) is 10.7. The van der Waals surface area contributed by atoms with Gasteiger partial charge in [0.15, 0.2) is 0 Å². The summed E-state index contributed by atoms with van der Waals surface area (Å²) in [6.45, 7) is 2.02. The van der Waals surface area contributed by atoms with E-state index < -0.39 is 0 Å². The predicted octanol–water partition coefficient (Wildman–Crippen LogP) is 5.11. The largest absolute Gasteiger partial charge is 0.277 e. The highest BCUT2D eigenvalue weighted by molar-refractivity contribution is 5.83. The van der Waals surface area contributed by atoms with Crippen molar-refractivity contribution < 1.29 is 0 Å². The van der Waals surface area contributed by atoms with Crippen molar-refractivity contribution in [1.82, 2.24) is 15.2 Å². The number of aryl methyl sites for hydroxylation is 1. The van der Waals surface area contributed by atoms with Gasteiger partial charge in [-0.2, -0.15) is 5.10 Å². The van der Waals surface area contributed by atoms with Crippen LogP contribution in [0.4, 0.5) is 0 Å². The van der Waals surface area contributed by atoms with Crippen LogP contribution in [0, 0.1) is 6.92 Å². The molecule has 24 heavy (non-hydrogen) atoms. The molecule has 0 bridgehead atoms. The van der Waals surface area contributed by atoms with Crippen LogP contribution in [0.5, 0.6) is 0 Å². The summed E-state index contributed by atoms with van der Waals surface area (Å²) in [7, 11) is 0. The topological polar surface area (TPSA) is 41.6 Å². The lowest BCUT2D eigenvalue weighted by molar-refractivity contribution is 1.05. The summed E-state index contributed by atoms with van der Waals surface area (Å²) in [5.41, 5.74) is 7.84. The Bertz CT molecular complexity index is 940. The first kappa shape index (κ1) is 14.4. The molecule has 116 valence electrons. The van der Waals surface area contributed by atoms with Crippen LogP contribution in [0.25, 0.3) is 33.5 Å². The lowest BCUT2D eigenvalue weighted by atomic mass is 9.98. The number of pyridine rings is 1. The molecule has 0 aliphatic carbocycles. The van der Waals surface area contributed by atoms with Gasteiger partial charge in [-0.3, -0.25) is 10.1 Å². The standard InChI is InChI=1S/C21H17N3/c1-15-20(18-11-13-22-14-12-18)21(24-23-15)19-9-7-17(8-10-19)16-5-3-2-4-6-16/h2-14H,1H3,(H,23,24). The van der Waals surface area contributed by atoms with E-state index in [1.54, 1.807) is 0 Å². The van der Waals surface area contributed by atoms with Crippen LogP contribution in [0.15, 0.2) is 79.1 Å². The van der Waals surface area contributed by atoms with Crippen LogP contribution < -0.4 is 0 Å². The van der Waals surface area contributed by atoms with E-state index in [0.29, 0.717) is 0 Å². The fraction of sp³-hybridized carbons (Fsp3) is 0.0476. The number of hydrogen-bond acceptors (Lipinski definition) is 2. The first-order valence-electron chi connectivity index (χ1n) is 7.94. The second kappa shape index (κ2) is 6.13. The maximum absolute atomic E-state index is 4.40. The Morgan fingerprint density at radius 1 is 0.667 bits per heavy atom. The average molecular weight is 311 g/mol. The van der Waals surface area contributed by atoms with Gasteiger partial charge < -0.3 is 0 Å². The zero-order valence-corrected chi connectivity index (χ0v) is 13.4. The smallest absolute Gasteiger partial charge is 0.0731 e. The third-order valence-electron chi connectivity index (χ3n) is 4.20. The minimum atomic E-state index is 0.989. The summed E-state index contributed by atoms with van der Waals surface area (Å²) in [6, 6.07) is 23.0. The molecule has 2 aromatic carbocycles. The lowest BCUT2D eigenvalue weighted by Crippen LogP contribution is -1.85. The van der Waals surface area contributed by atoms with E-state index in [0.717, 1.165) is 28.1 Å². The molecule has 0 radical (unpaired) electrons. The number of rotatable bonds is 3. The zero-order chi connectivity index (χ0) is 16.4. The van der Waals surface area contributed by atoms with Crippen molar-refractivity contribution in [2.45, 2.75) is 6.92 Å². The summed E-state index contributed by atoms with van der Waals surface area (Å²) in [4.78, 5) is 4.10. The maximum Gasteiger partial charge on any atom is 0.0731 e. The molecule has 4 aromatic rings. The van der Waals surface area contributed by atoms with Crippen LogP contribution in [0.2, 0.25) is 0 Å². The maximum atomic E-state index is 4.40. The molecule has 0 saturated heterocycles. The molecule has 2 heterocycles. The van der Waals surface area contributed by atoms with Gasteiger partial charge in [-0.1, -0.05) is 54.6 Å². The minimum absolute atomic E-state index is 0.989. The number of H-pyrrole nitrogens is 1. The van der Waals surface area contributed by atoms with Gasteiger partial charge in [0, 0.05) is 23.5 Å². The van der Waals surface area contributed by atoms with Crippen LogP contribution in [0.3, 0.4) is 0 Å². The number of nitrogens with one attached hydrogen (secondary N) is 1. The Hall–Kier alpha value is -3.20. The van der Waals surface area contributed by atoms with Crippen molar-refractivity contribution in [1.29, 1.82) is 0 Å². The van der Waals surface area contributed by atoms with E-state index in [1.807, 2.05) is 37.5 Å². The van der Waals surface area contributed by atoms with Gasteiger partial charge in [0.1, 0.15) is 0 Å². The molecule has 4 rings (SSSR count). The monoisotopic (exact) mass is 311 g/mol. The highest BCUT2D eigenvalue weighted by Gasteiger charge is 2.13. The van der Waals surface area contributed by atoms with Gasteiger partial charge in [0.2, 0.25) is 0 Å². The number of aromatic nitrogens is 3. The van der Waals surface area contributed by atoms with Crippen LogP contribution in [0.1, 0.15) is 5.69 Å². The molecule has 2 aromatic heterocycles. The molecular weight excluding hydrogens is 294 g/mol. The quantitative estimate of drug-likeness (QED) is 0.571. The summed E-state index contributed by atoms with van der Waals surface area (Å²) < 4.78 is 0. The molecule has 0 amide bonds. The minimum Gasteiger partial charge on any atom is -0.277 e. The molecule has 3 nitrogen and oxygen atoms in total. The lowest BCUT2D eigenvalue weighted by Gasteiger charge is -2.07. The molecule has 0 spiro atoms. The van der Waals surface area contributed by atoms with Crippen molar-refractivity contribution in [3.63, 3.8) is 0 Å². The molecule has 0 aliphatic heterocycles. The second-order valence-electron chi connectivity index (χ2n) is 5.74. The van der Waals surface area contributed by atoms with Crippen molar-refractivity contribution in [3.8, 4) is 33.5 Å². The van der Waals surface area contributed by atoms with E-state index in [4.69, 9.17) is 0 Å². The Morgan fingerprint density at radius 3 is 2.00 bits per heavy atom. The Kier molecular flexibility index (Phi) is 3.67. The molecule has 0 atom stereocenters. The van der Waals surface area contributed by atoms with Gasteiger partial charge in [-0.05, 0) is 35.7 Å². The third kappa shape index (κ3) is 2.61. The summed E-state index contributed by atoms with van der Waals surface area (Å²) >= 11 is 0. The van der Waals surface area contributed by atoms with Crippen molar-refractivity contribution in [2.75, 3.05) is 0 Å². The van der Waals surface area contributed by atoms with Crippen LogP contribution >= 0.6 is 0 Å². The van der Waals surface area contributed by atoms with E-state index in [2.05, 4.69) is 63.7 Å². The Balaban J connectivity index is 1.76. The molecule has 1 N–H and O–H groups in total. The highest BCUT2D eigenvalue weighted by atomic mass is 15.1. The molecule has 0 unspecified atom stereocenters. The van der Waals surface area contributed by atoms with Crippen molar-refractivity contribution in [3.05, 3.63) is 84.8 Å². The van der Waals surface area contributed by atoms with Gasteiger partial charge in [-0.25, -0.2) is 0 Å².